The molecule has 3 heterocycles. The molecule has 3 aromatic rings. The molecule has 0 unspecified atom stereocenters. The van der Waals surface area contributed by atoms with Crippen LogP contribution in [0, 0.1) is 6.92 Å². The lowest BCUT2D eigenvalue weighted by molar-refractivity contribution is -0.116. The van der Waals surface area contributed by atoms with Crippen molar-refractivity contribution in [3.05, 3.63) is 57.5 Å². The summed E-state index contributed by atoms with van der Waals surface area (Å²) in [6.45, 7) is 4.46. The minimum Gasteiger partial charge on any atom is -0.493 e. The average Bonchev–Trinajstić information content (AvgIpc) is 3.08. The molecule has 9 nitrogen and oxygen atoms in total. The molecule has 9 heteroatoms. The molecule has 0 spiro atoms. The molecule has 1 amide bonds. The number of hydrogen-bond acceptors (Lipinski definition) is 6. The van der Waals surface area contributed by atoms with Crippen molar-refractivity contribution in [1.29, 1.82) is 0 Å². The normalized spacial score (nSPS) is 15.4. The zero-order valence-electron chi connectivity index (χ0n) is 17.1. The molecule has 0 radical (unpaired) electrons. The van der Waals surface area contributed by atoms with E-state index in [0.29, 0.717) is 29.7 Å². The van der Waals surface area contributed by atoms with Crippen molar-refractivity contribution >= 4 is 11.7 Å². The van der Waals surface area contributed by atoms with Gasteiger partial charge in [0.05, 0.1) is 19.4 Å². The lowest BCUT2D eigenvalue weighted by Crippen LogP contribution is -2.25. The summed E-state index contributed by atoms with van der Waals surface area (Å²) in [5.41, 5.74) is 2.20. The number of aromatic amines is 1. The van der Waals surface area contributed by atoms with E-state index in [1.807, 2.05) is 32.0 Å². The van der Waals surface area contributed by atoms with Crippen LogP contribution in [0.2, 0.25) is 0 Å². The fraction of sp³-hybridized carbons (Fsp3) is 0.333. The predicted molar refractivity (Wildman–Crippen MR) is 111 cm³/mol. The summed E-state index contributed by atoms with van der Waals surface area (Å²) in [6.07, 6.45) is 1.11. The molecular formula is C21H23N5O4. The number of benzene rings is 1. The fourth-order valence-electron chi connectivity index (χ4n) is 3.76. The number of H-pyrrole nitrogens is 1. The smallest absolute Gasteiger partial charge is 0.264 e. The highest BCUT2D eigenvalue weighted by molar-refractivity contribution is 5.95. The number of rotatable bonds is 6. The number of nitrogens with one attached hydrogen (secondary N) is 2. The number of amides is 1. The van der Waals surface area contributed by atoms with Crippen LogP contribution in [-0.2, 0) is 4.79 Å². The molecule has 0 bridgehead atoms. The minimum atomic E-state index is -0.312. The van der Waals surface area contributed by atoms with Crippen LogP contribution in [-0.4, -0.2) is 39.6 Å². The van der Waals surface area contributed by atoms with Crippen LogP contribution < -0.4 is 20.3 Å². The predicted octanol–water partition coefficient (Wildman–Crippen LogP) is 2.54. The second-order valence-electron chi connectivity index (χ2n) is 7.07. The quantitative estimate of drug-likeness (QED) is 0.647. The molecule has 0 saturated heterocycles. The maximum Gasteiger partial charge on any atom is 0.264 e. The molecule has 1 aliphatic heterocycles. The van der Waals surface area contributed by atoms with Crippen LogP contribution >= 0.6 is 0 Å². The van der Waals surface area contributed by atoms with Gasteiger partial charge in [-0.3, -0.25) is 9.59 Å². The molecule has 156 valence electrons. The average molecular weight is 409 g/mol. The number of carbonyl (C=O) groups is 1. The van der Waals surface area contributed by atoms with E-state index in [4.69, 9.17) is 9.47 Å². The SMILES string of the molecule is CCCOc1c(OC)cccc1[C@@H]1CC(=O)Nc2c1c(C)nn2-c1ccc(=O)[nH]n1. The lowest BCUT2D eigenvalue weighted by Gasteiger charge is -2.26. The Balaban J connectivity index is 1.87. The minimum absolute atomic E-state index is 0.137. The Morgan fingerprint density at radius 1 is 1.23 bits per heavy atom. The molecule has 4 rings (SSSR count). The van der Waals surface area contributed by atoms with Gasteiger partial charge in [-0.2, -0.15) is 14.9 Å². The third-order valence-corrected chi connectivity index (χ3v) is 5.04. The number of nitrogens with zero attached hydrogens (tertiary/aromatic N) is 3. The van der Waals surface area contributed by atoms with Crippen molar-refractivity contribution < 1.29 is 14.3 Å². The van der Waals surface area contributed by atoms with E-state index in [2.05, 4.69) is 20.6 Å². The van der Waals surface area contributed by atoms with Gasteiger partial charge in [0.2, 0.25) is 5.91 Å². The van der Waals surface area contributed by atoms with Gasteiger partial charge in [-0.25, -0.2) is 5.10 Å². The van der Waals surface area contributed by atoms with Gasteiger partial charge in [0, 0.05) is 29.5 Å². The Hall–Kier alpha value is -3.62. The Bertz CT molecular complexity index is 1130. The number of fused-ring (bicyclic) bond motifs is 1. The first kappa shape index (κ1) is 19.7. The zero-order chi connectivity index (χ0) is 21.3. The van der Waals surface area contributed by atoms with E-state index >= 15 is 0 Å². The Labute approximate surface area is 173 Å². The number of anilines is 1. The first-order valence-electron chi connectivity index (χ1n) is 9.78. The molecule has 1 aliphatic rings. The summed E-state index contributed by atoms with van der Waals surface area (Å²) < 4.78 is 13.1. The maximum atomic E-state index is 12.6. The monoisotopic (exact) mass is 409 g/mol. The molecule has 1 atom stereocenters. The molecule has 30 heavy (non-hydrogen) atoms. The molecular weight excluding hydrogens is 386 g/mol. The highest BCUT2D eigenvalue weighted by atomic mass is 16.5. The van der Waals surface area contributed by atoms with Gasteiger partial charge in [0.15, 0.2) is 17.3 Å². The number of aryl methyl sites for hydroxylation is 1. The third-order valence-electron chi connectivity index (χ3n) is 5.04. The largest absolute Gasteiger partial charge is 0.493 e. The number of hydrogen-bond donors (Lipinski definition) is 2. The van der Waals surface area contributed by atoms with E-state index < -0.39 is 0 Å². The summed E-state index contributed by atoms with van der Waals surface area (Å²) in [4.78, 5) is 24.0. The summed E-state index contributed by atoms with van der Waals surface area (Å²) >= 11 is 0. The van der Waals surface area contributed by atoms with Crippen molar-refractivity contribution in [3.8, 4) is 17.3 Å². The first-order chi connectivity index (χ1) is 14.5. The molecule has 0 fully saturated rings. The Morgan fingerprint density at radius 2 is 2.07 bits per heavy atom. The molecule has 2 N–H and O–H groups in total. The summed E-state index contributed by atoms with van der Waals surface area (Å²) in [5.74, 6) is 1.82. The molecule has 2 aromatic heterocycles. The van der Waals surface area contributed by atoms with Crippen molar-refractivity contribution in [2.24, 2.45) is 0 Å². The van der Waals surface area contributed by atoms with Crippen molar-refractivity contribution in [2.45, 2.75) is 32.6 Å². The Morgan fingerprint density at radius 3 is 2.77 bits per heavy atom. The van der Waals surface area contributed by atoms with Gasteiger partial charge in [0.1, 0.15) is 5.82 Å². The highest BCUT2D eigenvalue weighted by Crippen LogP contribution is 2.45. The van der Waals surface area contributed by atoms with E-state index in [1.54, 1.807) is 13.2 Å². The van der Waals surface area contributed by atoms with Gasteiger partial charge in [-0.05, 0) is 25.5 Å². The second-order valence-corrected chi connectivity index (χ2v) is 7.07. The van der Waals surface area contributed by atoms with Crippen LogP contribution in [0.15, 0.2) is 35.1 Å². The maximum absolute atomic E-state index is 12.6. The third kappa shape index (κ3) is 3.42. The van der Waals surface area contributed by atoms with Crippen LogP contribution in [0.4, 0.5) is 5.82 Å². The zero-order valence-corrected chi connectivity index (χ0v) is 17.1. The number of ether oxygens (including phenoxy) is 2. The molecule has 1 aromatic carbocycles. The highest BCUT2D eigenvalue weighted by Gasteiger charge is 2.35. The van der Waals surface area contributed by atoms with E-state index in [1.165, 1.54) is 10.7 Å². The number of aromatic nitrogens is 4. The summed E-state index contributed by atoms with van der Waals surface area (Å²) in [7, 11) is 1.60. The van der Waals surface area contributed by atoms with Gasteiger partial charge in [0.25, 0.3) is 5.56 Å². The standard InChI is InChI=1S/C21H23N5O4/c1-4-10-30-20-13(6-5-7-15(20)29-3)14-11-18(28)22-21-19(14)12(2)25-26(21)16-8-9-17(27)24-23-16/h5-9,14H,4,10-11H2,1-3H3,(H,22,28)(H,24,27)/t14-/m0/s1. The first-order valence-corrected chi connectivity index (χ1v) is 9.78. The van der Waals surface area contributed by atoms with E-state index in [9.17, 15) is 9.59 Å². The van der Waals surface area contributed by atoms with Crippen molar-refractivity contribution in [1.82, 2.24) is 20.0 Å². The van der Waals surface area contributed by atoms with E-state index in [0.717, 1.165) is 23.2 Å². The van der Waals surface area contributed by atoms with Gasteiger partial charge < -0.3 is 14.8 Å². The number of methoxy groups -OCH3 is 1. The van der Waals surface area contributed by atoms with Gasteiger partial charge in [-0.1, -0.05) is 19.1 Å². The van der Waals surface area contributed by atoms with Crippen LogP contribution in [0.3, 0.4) is 0 Å². The van der Waals surface area contributed by atoms with Crippen LogP contribution in [0.25, 0.3) is 5.82 Å². The fourth-order valence-corrected chi connectivity index (χ4v) is 3.76. The second kappa shape index (κ2) is 8.02. The Kier molecular flexibility index (Phi) is 5.26. The lowest BCUT2D eigenvalue weighted by atomic mass is 9.85. The number of carbonyl (C=O) groups excluding carboxylic acids is 1. The number of para-hydroxylation sites is 1. The topological polar surface area (TPSA) is 111 Å². The molecule has 0 aliphatic carbocycles. The van der Waals surface area contributed by atoms with Crippen molar-refractivity contribution in [2.75, 3.05) is 19.0 Å². The van der Waals surface area contributed by atoms with Crippen LogP contribution in [0.5, 0.6) is 11.5 Å². The molecule has 0 saturated carbocycles. The van der Waals surface area contributed by atoms with Crippen LogP contribution in [0.1, 0.15) is 42.5 Å². The van der Waals surface area contributed by atoms with Crippen molar-refractivity contribution in [3.63, 3.8) is 0 Å². The summed E-state index contributed by atoms with van der Waals surface area (Å²) in [6, 6.07) is 8.62. The van der Waals surface area contributed by atoms with Gasteiger partial charge >= 0.3 is 0 Å². The van der Waals surface area contributed by atoms with Gasteiger partial charge in [-0.15, -0.1) is 0 Å². The summed E-state index contributed by atoms with van der Waals surface area (Å²) in [5, 5.41) is 13.9. The van der Waals surface area contributed by atoms with E-state index in [-0.39, 0.29) is 23.8 Å².